The zero-order valence-corrected chi connectivity index (χ0v) is 9.89. The number of nitrogens with zero attached hydrogens (tertiary/aromatic N) is 1. The van der Waals surface area contributed by atoms with E-state index >= 15 is 0 Å². The third-order valence-corrected chi connectivity index (χ3v) is 2.45. The summed E-state index contributed by atoms with van der Waals surface area (Å²) in [5.41, 5.74) is 8.51. The first kappa shape index (κ1) is 11.6. The van der Waals surface area contributed by atoms with E-state index in [0.717, 1.165) is 17.1 Å². The van der Waals surface area contributed by atoms with Crippen LogP contribution in [0.4, 0.5) is 0 Å². The molecule has 0 amide bonds. The van der Waals surface area contributed by atoms with Gasteiger partial charge >= 0.3 is 0 Å². The highest BCUT2D eigenvalue weighted by Crippen LogP contribution is 2.13. The molecule has 2 aromatic rings. The van der Waals surface area contributed by atoms with Crippen LogP contribution in [0.3, 0.4) is 0 Å². The monoisotopic (exact) mass is 228 g/mol. The summed E-state index contributed by atoms with van der Waals surface area (Å²) in [5.74, 6) is 0.866. The minimum atomic E-state index is 0.457. The van der Waals surface area contributed by atoms with Crippen molar-refractivity contribution in [2.75, 3.05) is 0 Å². The van der Waals surface area contributed by atoms with E-state index in [4.69, 9.17) is 10.5 Å². The van der Waals surface area contributed by atoms with Gasteiger partial charge in [0.15, 0.2) is 0 Å². The number of ether oxygens (including phenoxy) is 1. The van der Waals surface area contributed by atoms with Crippen LogP contribution in [0, 0.1) is 6.92 Å². The van der Waals surface area contributed by atoms with Gasteiger partial charge in [-0.2, -0.15) is 0 Å². The standard InChI is InChI=1S/C14H16N2O/c1-11-4-2-7-14(8-11)17-10-13-6-3-5-12(9-15)16-13/h2-8H,9-10,15H2,1H3. The number of hydrogen-bond acceptors (Lipinski definition) is 3. The molecule has 0 unspecified atom stereocenters. The molecule has 0 saturated heterocycles. The highest BCUT2D eigenvalue weighted by Gasteiger charge is 1.98. The molecule has 0 spiro atoms. The molecule has 3 heteroatoms. The Bertz CT molecular complexity index is 497. The molecule has 17 heavy (non-hydrogen) atoms. The van der Waals surface area contributed by atoms with Gasteiger partial charge in [-0.3, -0.25) is 4.98 Å². The summed E-state index contributed by atoms with van der Waals surface area (Å²) in [6.45, 7) is 2.97. The third kappa shape index (κ3) is 3.29. The largest absolute Gasteiger partial charge is 0.487 e. The molecule has 3 nitrogen and oxygen atoms in total. The Morgan fingerprint density at radius 1 is 1.12 bits per heavy atom. The van der Waals surface area contributed by atoms with E-state index in [1.54, 1.807) is 0 Å². The molecule has 0 radical (unpaired) electrons. The number of rotatable bonds is 4. The molecular formula is C14H16N2O. The summed E-state index contributed by atoms with van der Waals surface area (Å²) >= 11 is 0. The fraction of sp³-hybridized carbons (Fsp3) is 0.214. The molecule has 1 aromatic heterocycles. The summed E-state index contributed by atoms with van der Waals surface area (Å²) in [5, 5.41) is 0. The lowest BCUT2D eigenvalue weighted by molar-refractivity contribution is 0.301. The van der Waals surface area contributed by atoms with E-state index in [1.165, 1.54) is 5.56 Å². The van der Waals surface area contributed by atoms with E-state index in [1.807, 2.05) is 49.4 Å². The first-order valence-corrected chi connectivity index (χ1v) is 5.62. The van der Waals surface area contributed by atoms with Crippen molar-refractivity contribution in [1.29, 1.82) is 0 Å². The first-order chi connectivity index (χ1) is 8.28. The molecule has 0 aliphatic rings. The Kier molecular flexibility index (Phi) is 3.73. The van der Waals surface area contributed by atoms with Gasteiger partial charge in [-0.05, 0) is 36.8 Å². The van der Waals surface area contributed by atoms with Crippen LogP contribution < -0.4 is 10.5 Å². The maximum atomic E-state index is 5.67. The van der Waals surface area contributed by atoms with Crippen molar-refractivity contribution in [2.24, 2.45) is 5.73 Å². The van der Waals surface area contributed by atoms with Gasteiger partial charge in [0.05, 0.1) is 11.4 Å². The highest BCUT2D eigenvalue weighted by molar-refractivity contribution is 5.27. The Balaban J connectivity index is 2.02. The summed E-state index contributed by atoms with van der Waals surface area (Å²) in [6, 6.07) is 13.8. The number of nitrogens with two attached hydrogens (primary N) is 1. The molecule has 0 saturated carbocycles. The third-order valence-electron chi connectivity index (χ3n) is 2.45. The molecule has 0 atom stereocenters. The van der Waals surface area contributed by atoms with Gasteiger partial charge in [0.2, 0.25) is 0 Å². The van der Waals surface area contributed by atoms with Gasteiger partial charge in [0.1, 0.15) is 12.4 Å². The van der Waals surface area contributed by atoms with Gasteiger partial charge in [0.25, 0.3) is 0 Å². The molecule has 0 fully saturated rings. The quantitative estimate of drug-likeness (QED) is 0.874. The molecular weight excluding hydrogens is 212 g/mol. The normalized spacial score (nSPS) is 10.2. The lowest BCUT2D eigenvalue weighted by atomic mass is 10.2. The molecule has 2 N–H and O–H groups in total. The average Bonchev–Trinajstić information content (AvgIpc) is 2.37. The zero-order chi connectivity index (χ0) is 12.1. The zero-order valence-electron chi connectivity index (χ0n) is 9.89. The van der Waals surface area contributed by atoms with Crippen LogP contribution >= 0.6 is 0 Å². The summed E-state index contributed by atoms with van der Waals surface area (Å²) in [6.07, 6.45) is 0. The molecule has 88 valence electrons. The van der Waals surface area contributed by atoms with Crippen molar-refractivity contribution in [3.8, 4) is 5.75 Å². The van der Waals surface area contributed by atoms with Gasteiger partial charge in [-0.1, -0.05) is 18.2 Å². The minimum absolute atomic E-state index is 0.457. The van der Waals surface area contributed by atoms with Crippen molar-refractivity contribution in [3.05, 3.63) is 59.4 Å². The molecule has 2 rings (SSSR count). The smallest absolute Gasteiger partial charge is 0.130 e. The molecule has 1 heterocycles. The summed E-state index contributed by atoms with van der Waals surface area (Å²) in [4.78, 5) is 4.38. The summed E-state index contributed by atoms with van der Waals surface area (Å²) in [7, 11) is 0. The average molecular weight is 228 g/mol. The Hall–Kier alpha value is -1.87. The van der Waals surface area contributed by atoms with Crippen molar-refractivity contribution in [1.82, 2.24) is 4.98 Å². The second kappa shape index (κ2) is 5.46. The Morgan fingerprint density at radius 2 is 1.88 bits per heavy atom. The van der Waals surface area contributed by atoms with Crippen LogP contribution in [0.25, 0.3) is 0 Å². The number of hydrogen-bond donors (Lipinski definition) is 1. The van der Waals surface area contributed by atoms with Crippen molar-refractivity contribution in [3.63, 3.8) is 0 Å². The van der Waals surface area contributed by atoms with Crippen LogP contribution in [-0.2, 0) is 13.2 Å². The fourth-order valence-electron chi connectivity index (χ4n) is 1.59. The minimum Gasteiger partial charge on any atom is -0.487 e. The van der Waals surface area contributed by atoms with Crippen molar-refractivity contribution < 1.29 is 4.74 Å². The molecule has 0 bridgehead atoms. The number of benzene rings is 1. The number of pyridine rings is 1. The van der Waals surface area contributed by atoms with E-state index in [-0.39, 0.29) is 0 Å². The lowest BCUT2D eigenvalue weighted by Crippen LogP contribution is -2.04. The van der Waals surface area contributed by atoms with Gasteiger partial charge in [-0.15, -0.1) is 0 Å². The maximum Gasteiger partial charge on any atom is 0.130 e. The van der Waals surface area contributed by atoms with Gasteiger partial charge in [-0.25, -0.2) is 0 Å². The van der Waals surface area contributed by atoms with Gasteiger partial charge in [0, 0.05) is 6.54 Å². The van der Waals surface area contributed by atoms with Crippen LogP contribution in [0.15, 0.2) is 42.5 Å². The Morgan fingerprint density at radius 3 is 2.65 bits per heavy atom. The maximum absolute atomic E-state index is 5.67. The predicted molar refractivity (Wildman–Crippen MR) is 67.6 cm³/mol. The predicted octanol–water partition coefficient (Wildman–Crippen LogP) is 2.43. The molecule has 0 aliphatic heterocycles. The van der Waals surface area contributed by atoms with E-state index in [2.05, 4.69) is 4.98 Å². The fourth-order valence-corrected chi connectivity index (χ4v) is 1.59. The van der Waals surface area contributed by atoms with Crippen molar-refractivity contribution >= 4 is 0 Å². The van der Waals surface area contributed by atoms with Crippen LogP contribution in [0.1, 0.15) is 17.0 Å². The first-order valence-electron chi connectivity index (χ1n) is 5.62. The molecule has 0 aliphatic carbocycles. The second-order valence-electron chi connectivity index (χ2n) is 3.93. The number of aromatic nitrogens is 1. The van der Waals surface area contributed by atoms with Crippen molar-refractivity contribution in [2.45, 2.75) is 20.1 Å². The van der Waals surface area contributed by atoms with Crippen LogP contribution in [-0.4, -0.2) is 4.98 Å². The topological polar surface area (TPSA) is 48.1 Å². The van der Waals surface area contributed by atoms with E-state index < -0.39 is 0 Å². The van der Waals surface area contributed by atoms with E-state index in [0.29, 0.717) is 13.2 Å². The number of aryl methyl sites for hydroxylation is 1. The summed E-state index contributed by atoms with van der Waals surface area (Å²) < 4.78 is 5.67. The Labute approximate surface area is 101 Å². The van der Waals surface area contributed by atoms with Gasteiger partial charge < -0.3 is 10.5 Å². The lowest BCUT2D eigenvalue weighted by Gasteiger charge is -2.07. The van der Waals surface area contributed by atoms with Crippen LogP contribution in [0.5, 0.6) is 5.75 Å². The van der Waals surface area contributed by atoms with Crippen LogP contribution in [0.2, 0.25) is 0 Å². The van der Waals surface area contributed by atoms with E-state index in [9.17, 15) is 0 Å². The second-order valence-corrected chi connectivity index (χ2v) is 3.93. The molecule has 1 aromatic carbocycles. The SMILES string of the molecule is Cc1cccc(OCc2cccc(CN)n2)c1. The highest BCUT2D eigenvalue weighted by atomic mass is 16.5.